The summed E-state index contributed by atoms with van der Waals surface area (Å²) < 4.78 is 15.2. The number of hydrogen-bond donors (Lipinski definition) is 0. The number of fused-ring (bicyclic) bond motifs is 19. The molecule has 0 amide bonds. The molecule has 0 radical (unpaired) electrons. The molecular formula is C56H41BN2OS2. The van der Waals surface area contributed by atoms with Crippen molar-refractivity contribution >= 4 is 136 Å². The fourth-order valence-corrected chi connectivity index (χ4v) is 13.3. The van der Waals surface area contributed by atoms with Crippen molar-refractivity contribution in [2.45, 2.75) is 52.4 Å². The zero-order valence-electron chi connectivity index (χ0n) is 35.5. The van der Waals surface area contributed by atoms with Crippen LogP contribution < -0.4 is 15.7 Å². The Morgan fingerprint density at radius 1 is 0.516 bits per heavy atom. The molecule has 6 heterocycles. The monoisotopic (exact) mass is 832 g/mol. The topological polar surface area (TPSA) is 21.3 Å². The van der Waals surface area contributed by atoms with E-state index in [2.05, 4.69) is 190 Å². The standard InChI is InChI=1S/C56H41BN2OS2/c1-55(2,3)30-19-22-32(23-20-30)59-42-28-47-36(33-13-8-11-17-45(33)61-47)26-39(42)51-52-53-49(50-35-15-7-10-16-44(35)60-54(50)51)38-25-31(56(4,5)6)21-24-41(38)58(53)43-29-48-37(27-40(43)57(52)59)34-14-9-12-18-46(34)62-48/h7-29H,1-6H3. The van der Waals surface area contributed by atoms with Crippen molar-refractivity contribution in [2.24, 2.45) is 0 Å². The van der Waals surface area contributed by atoms with Crippen molar-refractivity contribution in [1.82, 2.24) is 4.57 Å². The minimum Gasteiger partial charge on any atom is -0.455 e. The van der Waals surface area contributed by atoms with Crippen molar-refractivity contribution in [2.75, 3.05) is 4.81 Å². The van der Waals surface area contributed by atoms with Crippen LogP contribution in [0.5, 0.6) is 0 Å². The third kappa shape index (κ3) is 4.51. The van der Waals surface area contributed by atoms with Crippen molar-refractivity contribution < 1.29 is 4.42 Å². The van der Waals surface area contributed by atoms with Crippen LogP contribution in [0.2, 0.25) is 0 Å². The Labute approximate surface area is 367 Å². The molecule has 0 N–H and O–H groups in total. The molecule has 0 atom stereocenters. The molecule has 4 aromatic heterocycles. The summed E-state index contributed by atoms with van der Waals surface area (Å²) in [6, 6.07) is 53.3. The largest absolute Gasteiger partial charge is 0.455 e. The highest BCUT2D eigenvalue weighted by Crippen LogP contribution is 2.53. The molecule has 0 saturated carbocycles. The Bertz CT molecular complexity index is 3960. The van der Waals surface area contributed by atoms with E-state index < -0.39 is 0 Å². The fraction of sp³-hybridized carbons (Fsp3) is 0.143. The van der Waals surface area contributed by atoms with Crippen LogP contribution in [0.4, 0.5) is 11.4 Å². The Morgan fingerprint density at radius 2 is 1.13 bits per heavy atom. The first-order valence-corrected chi connectivity index (χ1v) is 23.4. The Hall–Kier alpha value is -6.34. The molecule has 8 aromatic carbocycles. The Kier molecular flexibility index (Phi) is 6.70. The molecule has 0 fully saturated rings. The number of hydrogen-bond acceptors (Lipinski definition) is 4. The maximum Gasteiger partial charge on any atom is 0.333 e. The molecule has 62 heavy (non-hydrogen) atoms. The summed E-state index contributed by atoms with van der Waals surface area (Å²) in [6.07, 6.45) is 0. The van der Waals surface area contributed by atoms with Crippen LogP contribution in [0.3, 0.4) is 0 Å². The third-order valence-corrected chi connectivity index (χ3v) is 16.3. The Morgan fingerprint density at radius 3 is 1.82 bits per heavy atom. The van der Waals surface area contributed by atoms with E-state index >= 15 is 0 Å². The summed E-state index contributed by atoms with van der Waals surface area (Å²) >= 11 is 3.80. The maximum absolute atomic E-state index is 7.30. The van der Waals surface area contributed by atoms with E-state index in [-0.39, 0.29) is 17.7 Å². The summed E-state index contributed by atoms with van der Waals surface area (Å²) in [4.78, 5) is 2.68. The molecule has 0 unspecified atom stereocenters. The highest BCUT2D eigenvalue weighted by atomic mass is 32.1. The van der Waals surface area contributed by atoms with Crippen LogP contribution in [-0.2, 0) is 10.8 Å². The number of aromatic nitrogens is 1. The normalized spacial score (nSPS) is 13.9. The quantitative estimate of drug-likeness (QED) is 0.154. The van der Waals surface area contributed by atoms with E-state index in [0.29, 0.717) is 0 Å². The van der Waals surface area contributed by atoms with Gasteiger partial charge in [-0.15, -0.1) is 22.7 Å². The molecule has 2 aliphatic heterocycles. The number of furan rings is 1. The van der Waals surface area contributed by atoms with Gasteiger partial charge in [-0.05, 0) is 93.5 Å². The first-order valence-electron chi connectivity index (χ1n) is 21.8. The van der Waals surface area contributed by atoms with Gasteiger partial charge in [0.1, 0.15) is 11.2 Å². The second kappa shape index (κ2) is 11.8. The Balaban J connectivity index is 1.24. The lowest BCUT2D eigenvalue weighted by Crippen LogP contribution is -2.60. The minimum atomic E-state index is -0.137. The molecule has 0 saturated heterocycles. The van der Waals surface area contributed by atoms with Gasteiger partial charge in [0.15, 0.2) is 0 Å². The number of rotatable bonds is 1. The SMILES string of the molecule is CC(C)(C)c1ccc(N2B3c4cc5c(cc4-n4c6ccc(C(C)(C)C)cc6c6c7c(oc8ccccc87)c(c3c64)-c3cc4c(cc32)sc2ccccc24)sc2ccccc25)cc1. The lowest BCUT2D eigenvalue weighted by atomic mass is 9.43. The fourth-order valence-electron chi connectivity index (χ4n) is 11.1. The second-order valence-electron chi connectivity index (χ2n) is 19.7. The predicted octanol–water partition coefficient (Wildman–Crippen LogP) is 15.3. The first kappa shape index (κ1) is 35.3. The number of nitrogens with zero attached hydrogens (tertiary/aromatic N) is 2. The molecule has 14 rings (SSSR count). The number of benzene rings is 8. The summed E-state index contributed by atoms with van der Waals surface area (Å²) in [5.74, 6) is 0. The van der Waals surface area contributed by atoms with Gasteiger partial charge in [0, 0.05) is 90.1 Å². The lowest BCUT2D eigenvalue weighted by molar-refractivity contribution is 0.590. The van der Waals surface area contributed by atoms with E-state index in [1.165, 1.54) is 118 Å². The average Bonchev–Trinajstić information content (AvgIpc) is 4.02. The average molecular weight is 833 g/mol. The minimum absolute atomic E-state index is 0.0259. The molecule has 6 heteroatoms. The number of thiophene rings is 2. The molecule has 3 nitrogen and oxygen atoms in total. The van der Waals surface area contributed by atoms with Crippen LogP contribution in [0.25, 0.3) is 101 Å². The van der Waals surface area contributed by atoms with Gasteiger partial charge in [0.25, 0.3) is 0 Å². The van der Waals surface area contributed by atoms with E-state index in [4.69, 9.17) is 4.42 Å². The summed E-state index contributed by atoms with van der Waals surface area (Å²) in [5.41, 5.74) is 15.8. The highest BCUT2D eigenvalue weighted by Gasteiger charge is 2.46. The van der Waals surface area contributed by atoms with Gasteiger partial charge in [-0.1, -0.05) is 120 Å². The van der Waals surface area contributed by atoms with Gasteiger partial charge in [0.2, 0.25) is 0 Å². The summed E-state index contributed by atoms with van der Waals surface area (Å²) in [7, 11) is 0. The second-order valence-corrected chi connectivity index (χ2v) is 21.8. The van der Waals surface area contributed by atoms with Crippen LogP contribution >= 0.6 is 22.7 Å². The van der Waals surface area contributed by atoms with Gasteiger partial charge < -0.3 is 13.8 Å². The van der Waals surface area contributed by atoms with Crippen molar-refractivity contribution in [1.29, 1.82) is 0 Å². The van der Waals surface area contributed by atoms with E-state index in [1.54, 1.807) is 0 Å². The van der Waals surface area contributed by atoms with Crippen LogP contribution in [0, 0.1) is 0 Å². The van der Waals surface area contributed by atoms with Gasteiger partial charge >= 0.3 is 6.85 Å². The number of anilines is 2. The molecule has 0 bridgehead atoms. The smallest absolute Gasteiger partial charge is 0.333 e. The van der Waals surface area contributed by atoms with Gasteiger partial charge in [-0.25, -0.2) is 0 Å². The predicted molar refractivity (Wildman–Crippen MR) is 270 cm³/mol. The van der Waals surface area contributed by atoms with E-state index in [9.17, 15) is 0 Å². The summed E-state index contributed by atoms with van der Waals surface area (Å²) in [5, 5.41) is 10.2. The van der Waals surface area contributed by atoms with Crippen LogP contribution in [-0.4, -0.2) is 11.4 Å². The van der Waals surface area contributed by atoms with E-state index in [0.717, 1.165) is 16.6 Å². The van der Waals surface area contributed by atoms with Crippen molar-refractivity contribution in [3.63, 3.8) is 0 Å². The molecular weight excluding hydrogens is 792 g/mol. The molecule has 296 valence electrons. The first-order chi connectivity index (χ1) is 30.0. The highest BCUT2D eigenvalue weighted by molar-refractivity contribution is 7.26. The van der Waals surface area contributed by atoms with Crippen LogP contribution in [0.15, 0.2) is 144 Å². The van der Waals surface area contributed by atoms with Crippen molar-refractivity contribution in [3.05, 3.63) is 151 Å². The van der Waals surface area contributed by atoms with E-state index in [1.807, 2.05) is 22.7 Å². The molecule has 12 aromatic rings. The molecule has 0 aliphatic carbocycles. The molecule has 0 spiro atoms. The maximum atomic E-state index is 7.30. The lowest BCUT2D eigenvalue weighted by Gasteiger charge is -2.42. The zero-order chi connectivity index (χ0) is 41.6. The molecule has 2 aliphatic rings. The van der Waals surface area contributed by atoms with Gasteiger partial charge in [-0.2, -0.15) is 0 Å². The third-order valence-electron chi connectivity index (χ3n) is 14.1. The zero-order valence-corrected chi connectivity index (χ0v) is 37.1. The van der Waals surface area contributed by atoms with Crippen molar-refractivity contribution in [3.8, 4) is 16.8 Å². The van der Waals surface area contributed by atoms with Gasteiger partial charge in [0.05, 0.1) is 11.0 Å². The van der Waals surface area contributed by atoms with Crippen LogP contribution in [0.1, 0.15) is 52.7 Å². The number of para-hydroxylation sites is 1. The summed E-state index contributed by atoms with van der Waals surface area (Å²) in [6.45, 7) is 13.8. The van der Waals surface area contributed by atoms with Gasteiger partial charge in [-0.3, -0.25) is 0 Å².